The van der Waals surface area contributed by atoms with Crippen molar-refractivity contribution in [3.63, 3.8) is 0 Å². The van der Waals surface area contributed by atoms with E-state index < -0.39 is 0 Å². The van der Waals surface area contributed by atoms with Crippen molar-refractivity contribution in [1.82, 2.24) is 15.2 Å². The van der Waals surface area contributed by atoms with E-state index in [9.17, 15) is 0 Å². The fraction of sp³-hybridized carbons (Fsp3) is 0.643. The quantitative estimate of drug-likeness (QED) is 0.851. The largest absolute Gasteiger partial charge is 0.379 e. The van der Waals surface area contributed by atoms with Gasteiger partial charge in [-0.3, -0.25) is 9.88 Å². The van der Waals surface area contributed by atoms with Crippen molar-refractivity contribution in [3.05, 3.63) is 29.6 Å². The minimum atomic E-state index is 0.497. The number of nitrogens with one attached hydrogen (secondary N) is 1. The predicted octanol–water partition coefficient (Wildman–Crippen LogP) is 1.20. The first kappa shape index (κ1) is 13.5. The number of pyridine rings is 1. The lowest BCUT2D eigenvalue weighted by Gasteiger charge is -2.29. The van der Waals surface area contributed by atoms with Crippen LogP contribution in [0.5, 0.6) is 0 Å². The lowest BCUT2D eigenvalue weighted by molar-refractivity contribution is 0.0343. The van der Waals surface area contributed by atoms with Crippen molar-refractivity contribution in [3.8, 4) is 0 Å². The predicted molar refractivity (Wildman–Crippen MR) is 72.5 cm³/mol. The Balaban J connectivity index is 1.72. The number of aromatic nitrogens is 1. The Bertz CT molecular complexity index is 364. The van der Waals surface area contributed by atoms with Gasteiger partial charge in [-0.25, -0.2) is 0 Å². The molecule has 4 heteroatoms. The second-order valence-corrected chi connectivity index (χ2v) is 5.00. The van der Waals surface area contributed by atoms with Gasteiger partial charge in [-0.2, -0.15) is 0 Å². The molecule has 0 bridgehead atoms. The number of ether oxygens (including phenoxy) is 1. The van der Waals surface area contributed by atoms with Gasteiger partial charge < -0.3 is 10.1 Å². The van der Waals surface area contributed by atoms with Gasteiger partial charge in [-0.15, -0.1) is 0 Å². The first-order valence-electron chi connectivity index (χ1n) is 6.69. The van der Waals surface area contributed by atoms with E-state index in [4.69, 9.17) is 4.74 Å². The summed E-state index contributed by atoms with van der Waals surface area (Å²) in [5.41, 5.74) is 2.38. The highest BCUT2D eigenvalue weighted by atomic mass is 16.5. The SMILES string of the molecule is Cc1cc(CNC(C)CN2CCOCC2)ccn1. The molecule has 0 saturated carbocycles. The highest BCUT2D eigenvalue weighted by molar-refractivity contribution is 5.15. The van der Waals surface area contributed by atoms with E-state index in [1.807, 2.05) is 13.1 Å². The number of hydrogen-bond acceptors (Lipinski definition) is 4. The molecule has 2 heterocycles. The molecular formula is C14H23N3O. The minimum Gasteiger partial charge on any atom is -0.379 e. The van der Waals surface area contributed by atoms with Crippen molar-refractivity contribution in [2.45, 2.75) is 26.4 Å². The van der Waals surface area contributed by atoms with Crippen LogP contribution in [-0.2, 0) is 11.3 Å². The molecule has 1 atom stereocenters. The van der Waals surface area contributed by atoms with Crippen molar-refractivity contribution >= 4 is 0 Å². The zero-order valence-corrected chi connectivity index (χ0v) is 11.4. The average molecular weight is 249 g/mol. The van der Waals surface area contributed by atoms with E-state index in [1.54, 1.807) is 0 Å². The zero-order chi connectivity index (χ0) is 12.8. The second kappa shape index (κ2) is 6.83. The lowest BCUT2D eigenvalue weighted by atomic mass is 10.2. The summed E-state index contributed by atoms with van der Waals surface area (Å²) in [5, 5.41) is 3.56. The monoisotopic (exact) mass is 249 g/mol. The van der Waals surface area contributed by atoms with Crippen LogP contribution < -0.4 is 5.32 Å². The Morgan fingerprint density at radius 2 is 2.22 bits per heavy atom. The van der Waals surface area contributed by atoms with Crippen molar-refractivity contribution in [1.29, 1.82) is 0 Å². The summed E-state index contributed by atoms with van der Waals surface area (Å²) in [5.74, 6) is 0. The van der Waals surface area contributed by atoms with Gasteiger partial charge in [0.25, 0.3) is 0 Å². The Labute approximate surface area is 109 Å². The number of aryl methyl sites for hydroxylation is 1. The third kappa shape index (κ3) is 4.37. The Hall–Kier alpha value is -0.970. The van der Waals surface area contributed by atoms with Gasteiger partial charge in [-0.05, 0) is 31.5 Å². The minimum absolute atomic E-state index is 0.497. The molecule has 0 aromatic carbocycles. The maximum Gasteiger partial charge on any atom is 0.0594 e. The maximum atomic E-state index is 5.35. The van der Waals surface area contributed by atoms with Gasteiger partial charge in [-0.1, -0.05) is 0 Å². The van der Waals surface area contributed by atoms with Gasteiger partial charge in [0.15, 0.2) is 0 Å². The Kier molecular flexibility index (Phi) is 5.11. The molecule has 1 aliphatic rings. The van der Waals surface area contributed by atoms with Crippen LogP contribution in [0.25, 0.3) is 0 Å². The molecule has 18 heavy (non-hydrogen) atoms. The van der Waals surface area contributed by atoms with E-state index in [0.717, 1.165) is 45.1 Å². The molecule has 0 amide bonds. The summed E-state index contributed by atoms with van der Waals surface area (Å²) >= 11 is 0. The van der Waals surface area contributed by atoms with Crippen LogP contribution in [0.2, 0.25) is 0 Å². The maximum absolute atomic E-state index is 5.35. The van der Waals surface area contributed by atoms with Gasteiger partial charge >= 0.3 is 0 Å². The summed E-state index contributed by atoms with van der Waals surface area (Å²) in [7, 11) is 0. The number of morpholine rings is 1. The topological polar surface area (TPSA) is 37.4 Å². The van der Waals surface area contributed by atoms with Crippen LogP contribution in [0.1, 0.15) is 18.2 Å². The Morgan fingerprint density at radius 1 is 1.44 bits per heavy atom. The van der Waals surface area contributed by atoms with E-state index >= 15 is 0 Å². The van der Waals surface area contributed by atoms with Gasteiger partial charge in [0, 0.05) is 44.1 Å². The molecular weight excluding hydrogens is 226 g/mol. The molecule has 1 N–H and O–H groups in total. The Morgan fingerprint density at radius 3 is 2.94 bits per heavy atom. The summed E-state index contributed by atoms with van der Waals surface area (Å²) in [4.78, 5) is 6.67. The number of hydrogen-bond donors (Lipinski definition) is 1. The van der Waals surface area contributed by atoms with Crippen molar-refractivity contribution in [2.24, 2.45) is 0 Å². The van der Waals surface area contributed by atoms with Gasteiger partial charge in [0.1, 0.15) is 0 Å². The van der Waals surface area contributed by atoms with Crippen molar-refractivity contribution < 1.29 is 4.74 Å². The van der Waals surface area contributed by atoms with E-state index in [1.165, 1.54) is 5.56 Å². The molecule has 2 rings (SSSR count). The van der Waals surface area contributed by atoms with Gasteiger partial charge in [0.2, 0.25) is 0 Å². The first-order valence-corrected chi connectivity index (χ1v) is 6.69. The summed E-state index contributed by atoms with van der Waals surface area (Å²) < 4.78 is 5.35. The summed E-state index contributed by atoms with van der Waals surface area (Å²) in [6.07, 6.45) is 1.87. The highest BCUT2D eigenvalue weighted by Gasteiger charge is 2.13. The standard InChI is InChI=1S/C14H23N3O/c1-12-9-14(3-4-15-12)10-16-13(2)11-17-5-7-18-8-6-17/h3-4,9,13,16H,5-8,10-11H2,1-2H3. The third-order valence-electron chi connectivity index (χ3n) is 3.25. The molecule has 0 spiro atoms. The molecule has 4 nitrogen and oxygen atoms in total. The molecule has 1 fully saturated rings. The molecule has 1 unspecified atom stereocenters. The van der Waals surface area contributed by atoms with E-state index in [2.05, 4.69) is 34.3 Å². The summed E-state index contributed by atoms with van der Waals surface area (Å²) in [6, 6.07) is 4.70. The van der Waals surface area contributed by atoms with Crippen LogP contribution in [0.15, 0.2) is 18.3 Å². The third-order valence-corrected chi connectivity index (χ3v) is 3.25. The molecule has 1 saturated heterocycles. The molecule has 1 aromatic rings. The molecule has 100 valence electrons. The van der Waals surface area contributed by atoms with Crippen LogP contribution >= 0.6 is 0 Å². The van der Waals surface area contributed by atoms with Crippen LogP contribution in [-0.4, -0.2) is 48.8 Å². The van der Waals surface area contributed by atoms with Crippen LogP contribution in [0, 0.1) is 6.92 Å². The van der Waals surface area contributed by atoms with Gasteiger partial charge in [0.05, 0.1) is 13.2 Å². The van der Waals surface area contributed by atoms with Crippen LogP contribution in [0.4, 0.5) is 0 Å². The van der Waals surface area contributed by atoms with E-state index in [-0.39, 0.29) is 0 Å². The fourth-order valence-electron chi connectivity index (χ4n) is 2.24. The smallest absolute Gasteiger partial charge is 0.0594 e. The second-order valence-electron chi connectivity index (χ2n) is 5.00. The molecule has 0 radical (unpaired) electrons. The lowest BCUT2D eigenvalue weighted by Crippen LogP contribution is -2.44. The van der Waals surface area contributed by atoms with E-state index in [0.29, 0.717) is 6.04 Å². The first-order chi connectivity index (χ1) is 8.74. The molecule has 1 aliphatic heterocycles. The highest BCUT2D eigenvalue weighted by Crippen LogP contribution is 2.02. The number of rotatable bonds is 5. The summed E-state index contributed by atoms with van der Waals surface area (Å²) in [6.45, 7) is 10.1. The zero-order valence-electron chi connectivity index (χ0n) is 11.4. The average Bonchev–Trinajstić information content (AvgIpc) is 2.38. The van der Waals surface area contributed by atoms with Crippen LogP contribution in [0.3, 0.4) is 0 Å². The van der Waals surface area contributed by atoms with Crippen molar-refractivity contribution in [2.75, 3.05) is 32.8 Å². The fourth-order valence-corrected chi connectivity index (χ4v) is 2.24. The molecule has 0 aliphatic carbocycles. The normalized spacial score (nSPS) is 18.8. The number of nitrogens with zero attached hydrogens (tertiary/aromatic N) is 2. The molecule has 1 aromatic heterocycles.